The third-order valence-corrected chi connectivity index (χ3v) is 4.33. The summed E-state index contributed by atoms with van der Waals surface area (Å²) in [6.07, 6.45) is 10.7. The number of aliphatic hydroxyl groups is 1. The Morgan fingerprint density at radius 3 is 2.79 bits per heavy atom. The molecule has 1 saturated carbocycles. The number of hydrogen-bond acceptors (Lipinski definition) is 3. The third kappa shape index (κ3) is 4.05. The second kappa shape index (κ2) is 6.53. The van der Waals surface area contributed by atoms with Crippen LogP contribution >= 0.6 is 0 Å². The maximum atomic E-state index is 10.6. The fourth-order valence-corrected chi connectivity index (χ4v) is 2.94. The summed E-state index contributed by atoms with van der Waals surface area (Å²) >= 11 is 0. The van der Waals surface area contributed by atoms with Gasteiger partial charge >= 0.3 is 0 Å². The largest absolute Gasteiger partial charge is 0.390 e. The molecule has 1 aromatic heterocycles. The molecule has 1 aliphatic rings. The molecule has 4 heteroatoms. The molecule has 0 amide bonds. The molecule has 1 aromatic rings. The Morgan fingerprint density at radius 1 is 1.47 bits per heavy atom. The van der Waals surface area contributed by atoms with Crippen LogP contribution in [0, 0.1) is 0 Å². The summed E-state index contributed by atoms with van der Waals surface area (Å²) in [5.74, 6) is 1.07. The molecule has 2 rings (SSSR count). The molecule has 0 bridgehead atoms. The van der Waals surface area contributed by atoms with E-state index in [4.69, 9.17) is 0 Å². The number of nitrogens with one attached hydrogen (secondary N) is 1. The van der Waals surface area contributed by atoms with Gasteiger partial charge in [0.05, 0.1) is 5.60 Å². The predicted molar refractivity (Wildman–Crippen MR) is 77.0 cm³/mol. The van der Waals surface area contributed by atoms with E-state index in [1.165, 1.54) is 6.42 Å². The van der Waals surface area contributed by atoms with Crippen LogP contribution in [0.25, 0.3) is 0 Å². The van der Waals surface area contributed by atoms with Crippen LogP contribution in [0.3, 0.4) is 0 Å². The Kier molecular flexibility index (Phi) is 4.99. The van der Waals surface area contributed by atoms with Crippen molar-refractivity contribution < 1.29 is 5.11 Å². The van der Waals surface area contributed by atoms with E-state index in [0.29, 0.717) is 6.04 Å². The zero-order chi connectivity index (χ0) is 13.7. The van der Waals surface area contributed by atoms with Crippen LogP contribution in [0.2, 0.25) is 0 Å². The third-order valence-electron chi connectivity index (χ3n) is 4.33. The van der Waals surface area contributed by atoms with E-state index < -0.39 is 5.60 Å². The van der Waals surface area contributed by atoms with Crippen molar-refractivity contribution in [2.24, 2.45) is 7.05 Å². The van der Waals surface area contributed by atoms with Gasteiger partial charge in [0, 0.05) is 31.9 Å². The van der Waals surface area contributed by atoms with Crippen LogP contribution in [0.15, 0.2) is 12.4 Å². The Labute approximate surface area is 116 Å². The molecule has 0 radical (unpaired) electrons. The first-order valence-corrected chi connectivity index (χ1v) is 7.55. The first-order valence-electron chi connectivity index (χ1n) is 7.55. The summed E-state index contributed by atoms with van der Waals surface area (Å²) in [5.41, 5.74) is -0.476. The molecule has 19 heavy (non-hydrogen) atoms. The summed E-state index contributed by atoms with van der Waals surface area (Å²) in [6, 6.07) is 0.605. The van der Waals surface area contributed by atoms with Crippen molar-refractivity contribution in [3.63, 3.8) is 0 Å². The fourth-order valence-electron chi connectivity index (χ4n) is 2.94. The zero-order valence-corrected chi connectivity index (χ0v) is 12.2. The molecule has 0 saturated heterocycles. The van der Waals surface area contributed by atoms with Gasteiger partial charge in [-0.25, -0.2) is 4.98 Å². The Bertz CT molecular complexity index is 380. The van der Waals surface area contributed by atoms with E-state index >= 15 is 0 Å². The fraction of sp³-hybridized carbons (Fsp3) is 0.800. The van der Waals surface area contributed by atoms with Gasteiger partial charge in [0.15, 0.2) is 0 Å². The van der Waals surface area contributed by atoms with Gasteiger partial charge < -0.3 is 15.0 Å². The Hall–Kier alpha value is -0.870. The van der Waals surface area contributed by atoms with Gasteiger partial charge in [-0.2, -0.15) is 0 Å². The summed E-state index contributed by atoms with van der Waals surface area (Å²) in [6.45, 7) is 3.29. The standard InChI is InChI=1S/C15H27N3O/c1-3-10-16-13-4-7-15(19,8-5-13)9-6-14-17-11-12-18(14)2/h11-13,16,19H,3-10H2,1-2H3. The molecule has 2 N–H and O–H groups in total. The minimum absolute atomic E-state index is 0.476. The minimum Gasteiger partial charge on any atom is -0.390 e. The summed E-state index contributed by atoms with van der Waals surface area (Å²) in [7, 11) is 2.01. The highest BCUT2D eigenvalue weighted by Gasteiger charge is 2.32. The maximum absolute atomic E-state index is 10.6. The molecular formula is C15H27N3O. The maximum Gasteiger partial charge on any atom is 0.108 e. The summed E-state index contributed by atoms with van der Waals surface area (Å²) in [5, 5.41) is 14.2. The first kappa shape index (κ1) is 14.5. The zero-order valence-electron chi connectivity index (χ0n) is 12.2. The van der Waals surface area contributed by atoms with E-state index in [1.54, 1.807) is 0 Å². The first-order chi connectivity index (χ1) is 9.13. The monoisotopic (exact) mass is 265 g/mol. The van der Waals surface area contributed by atoms with Gasteiger partial charge in [-0.05, 0) is 45.1 Å². The van der Waals surface area contributed by atoms with Crippen LogP contribution < -0.4 is 5.32 Å². The highest BCUT2D eigenvalue weighted by Crippen LogP contribution is 2.32. The number of rotatable bonds is 6. The molecule has 0 unspecified atom stereocenters. The SMILES string of the molecule is CCCNC1CCC(O)(CCc2nccn2C)CC1. The molecule has 0 aromatic carbocycles. The van der Waals surface area contributed by atoms with Crippen LogP contribution in [0.4, 0.5) is 0 Å². The van der Waals surface area contributed by atoms with Crippen molar-refractivity contribution in [1.29, 1.82) is 0 Å². The van der Waals surface area contributed by atoms with Crippen molar-refractivity contribution in [2.75, 3.05) is 6.54 Å². The van der Waals surface area contributed by atoms with Gasteiger partial charge in [0.25, 0.3) is 0 Å². The lowest BCUT2D eigenvalue weighted by atomic mass is 9.79. The lowest BCUT2D eigenvalue weighted by Gasteiger charge is -2.36. The smallest absolute Gasteiger partial charge is 0.108 e. The van der Waals surface area contributed by atoms with Gasteiger partial charge in [-0.3, -0.25) is 0 Å². The average Bonchev–Trinajstić information content (AvgIpc) is 2.82. The van der Waals surface area contributed by atoms with Crippen LogP contribution in [0.5, 0.6) is 0 Å². The van der Waals surface area contributed by atoms with E-state index in [-0.39, 0.29) is 0 Å². The lowest BCUT2D eigenvalue weighted by molar-refractivity contribution is -0.0111. The molecule has 4 nitrogen and oxygen atoms in total. The van der Waals surface area contributed by atoms with Crippen molar-refractivity contribution in [1.82, 2.24) is 14.9 Å². The van der Waals surface area contributed by atoms with Gasteiger partial charge in [-0.15, -0.1) is 0 Å². The van der Waals surface area contributed by atoms with Crippen LogP contribution in [-0.4, -0.2) is 32.8 Å². The number of nitrogens with zero attached hydrogens (tertiary/aromatic N) is 2. The van der Waals surface area contributed by atoms with Crippen molar-refractivity contribution in [2.45, 2.75) is 63.5 Å². The number of aromatic nitrogens is 2. The highest BCUT2D eigenvalue weighted by molar-refractivity contribution is 4.95. The molecule has 0 aliphatic heterocycles. The molecular weight excluding hydrogens is 238 g/mol. The minimum atomic E-state index is -0.476. The van der Waals surface area contributed by atoms with Crippen LogP contribution in [0.1, 0.15) is 51.3 Å². The Morgan fingerprint density at radius 2 is 2.21 bits per heavy atom. The second-order valence-electron chi connectivity index (χ2n) is 5.91. The normalized spacial score (nSPS) is 27.6. The van der Waals surface area contributed by atoms with Crippen molar-refractivity contribution in [3.8, 4) is 0 Å². The summed E-state index contributed by atoms with van der Waals surface area (Å²) < 4.78 is 2.04. The lowest BCUT2D eigenvalue weighted by Crippen LogP contribution is -2.41. The predicted octanol–water partition coefficient (Wildman–Crippen LogP) is 2.03. The molecule has 0 spiro atoms. The number of hydrogen-bond donors (Lipinski definition) is 2. The second-order valence-corrected chi connectivity index (χ2v) is 5.91. The van der Waals surface area contributed by atoms with Gasteiger partial charge in [-0.1, -0.05) is 6.92 Å². The van der Waals surface area contributed by atoms with Crippen molar-refractivity contribution in [3.05, 3.63) is 18.2 Å². The summed E-state index contributed by atoms with van der Waals surface area (Å²) in [4.78, 5) is 4.33. The quantitative estimate of drug-likeness (QED) is 0.827. The van der Waals surface area contributed by atoms with E-state index in [1.807, 2.05) is 24.0 Å². The molecule has 1 heterocycles. The molecule has 108 valence electrons. The van der Waals surface area contributed by atoms with E-state index in [9.17, 15) is 5.11 Å². The topological polar surface area (TPSA) is 50.1 Å². The molecule has 0 atom stereocenters. The van der Waals surface area contributed by atoms with Crippen LogP contribution in [-0.2, 0) is 13.5 Å². The molecule has 1 aliphatic carbocycles. The Balaban J connectivity index is 1.77. The van der Waals surface area contributed by atoms with Gasteiger partial charge in [0.1, 0.15) is 5.82 Å². The highest BCUT2D eigenvalue weighted by atomic mass is 16.3. The van der Waals surface area contributed by atoms with Crippen molar-refractivity contribution >= 4 is 0 Å². The van der Waals surface area contributed by atoms with Gasteiger partial charge in [0.2, 0.25) is 0 Å². The van der Waals surface area contributed by atoms with E-state index in [0.717, 1.165) is 50.9 Å². The average molecular weight is 265 g/mol. The number of aryl methyl sites for hydroxylation is 2. The van der Waals surface area contributed by atoms with E-state index in [2.05, 4.69) is 17.2 Å². The molecule has 1 fully saturated rings. The number of imidazole rings is 1.